The minimum atomic E-state index is 0.432. The van der Waals surface area contributed by atoms with Crippen molar-refractivity contribution in [1.29, 1.82) is 0 Å². The van der Waals surface area contributed by atoms with Gasteiger partial charge in [-0.15, -0.1) is 0 Å². The first-order valence-electron chi connectivity index (χ1n) is 24.7. The third kappa shape index (κ3) is 9.71. The molecule has 9 aromatic carbocycles. The maximum absolute atomic E-state index is 5.26. The molecule has 3 heterocycles. The van der Waals surface area contributed by atoms with Gasteiger partial charge in [0.2, 0.25) is 0 Å². The summed E-state index contributed by atoms with van der Waals surface area (Å²) in [6, 6.07) is 87.0. The molecule has 3 N–H and O–H groups in total. The van der Waals surface area contributed by atoms with Crippen molar-refractivity contribution in [1.82, 2.24) is 29.9 Å². The summed E-state index contributed by atoms with van der Waals surface area (Å²) in [5, 5.41) is 0. The molecule has 0 radical (unpaired) electrons. The smallest absolute Gasteiger partial charge is 0.154 e. The highest BCUT2D eigenvalue weighted by Crippen LogP contribution is 2.37. The lowest BCUT2D eigenvalue weighted by Crippen LogP contribution is -2.00. The monoisotopic (exact) mass is 952 g/mol. The Morgan fingerprint density at radius 3 is 1.01 bits per heavy atom. The van der Waals surface area contributed by atoms with Crippen molar-refractivity contribution in [3.63, 3.8) is 0 Å². The Balaban J connectivity index is 0.823. The van der Waals surface area contributed by atoms with Crippen LogP contribution in [0.5, 0.6) is 0 Å². The number of nitrogens with zero attached hydrogens (tertiary/aromatic N) is 5. The molecule has 12 rings (SSSR count). The second-order valence-electron chi connectivity index (χ2n) is 17.9. The van der Waals surface area contributed by atoms with Gasteiger partial charge in [-0.05, 0) is 11.1 Å². The van der Waals surface area contributed by atoms with E-state index in [9.17, 15) is 0 Å². The van der Waals surface area contributed by atoms with Crippen molar-refractivity contribution in [3.05, 3.63) is 271 Å². The molecule has 0 aliphatic heterocycles. The van der Waals surface area contributed by atoms with E-state index in [-0.39, 0.29) is 0 Å². The standard InChI is InChI=1S/C66H48N8/c1-7-19-45(20-8-1)43-67-63(53-35-37-54(38-36-53)64-69-57(47-21-9-2-10-22-47)58(70-64)48-23-11-3-12-24-48)68-44-46-31-33-52(34-32-46)62-61(51-29-17-6-18-30-51)73-66(74-62)56-41-39-55(40-42-56)65-71-59(49-25-13-4-14-26-49)60(72-65)50-27-15-5-16-28-50/h1-43H,44H2,(H,69,70)(H,71,72)(H,73,74). The summed E-state index contributed by atoms with van der Waals surface area (Å²) in [6.45, 7) is 0.432. The van der Waals surface area contributed by atoms with Crippen LogP contribution in [0.2, 0.25) is 0 Å². The summed E-state index contributed by atoms with van der Waals surface area (Å²) < 4.78 is 0. The van der Waals surface area contributed by atoms with Gasteiger partial charge in [0.05, 0.1) is 40.7 Å². The Kier molecular flexibility index (Phi) is 12.6. The van der Waals surface area contributed by atoms with E-state index in [1.165, 1.54) is 0 Å². The summed E-state index contributed by atoms with van der Waals surface area (Å²) in [5.74, 6) is 3.01. The summed E-state index contributed by atoms with van der Waals surface area (Å²) in [5.41, 5.74) is 17.8. The topological polar surface area (TPSA) is 111 Å². The number of imidazole rings is 3. The van der Waals surface area contributed by atoms with E-state index in [2.05, 4.69) is 173 Å². The van der Waals surface area contributed by atoms with Gasteiger partial charge < -0.3 is 15.0 Å². The summed E-state index contributed by atoms with van der Waals surface area (Å²) in [4.78, 5) is 36.5. The quantitative estimate of drug-likeness (QED) is 0.0791. The Bertz CT molecular complexity index is 3730. The number of benzene rings is 9. The zero-order valence-corrected chi connectivity index (χ0v) is 40.3. The molecule has 0 aliphatic carbocycles. The van der Waals surface area contributed by atoms with Crippen molar-refractivity contribution >= 4 is 12.1 Å². The van der Waals surface area contributed by atoms with Gasteiger partial charge in [0, 0.05) is 61.8 Å². The highest BCUT2D eigenvalue weighted by atomic mass is 15.0. The van der Waals surface area contributed by atoms with Gasteiger partial charge in [-0.25, -0.2) is 19.9 Å². The van der Waals surface area contributed by atoms with Crippen molar-refractivity contribution in [3.8, 4) is 102 Å². The number of aromatic nitrogens is 6. The van der Waals surface area contributed by atoms with E-state index in [0.717, 1.165) is 118 Å². The van der Waals surface area contributed by atoms with Crippen LogP contribution in [0.3, 0.4) is 0 Å². The maximum atomic E-state index is 5.26. The average molecular weight is 953 g/mol. The molecule has 0 saturated carbocycles. The maximum Gasteiger partial charge on any atom is 0.154 e. The highest BCUT2D eigenvalue weighted by molar-refractivity contribution is 6.05. The van der Waals surface area contributed by atoms with Gasteiger partial charge in [0.25, 0.3) is 0 Å². The Morgan fingerprint density at radius 1 is 0.324 bits per heavy atom. The molecule has 12 aromatic rings. The van der Waals surface area contributed by atoms with Crippen LogP contribution in [-0.2, 0) is 6.54 Å². The minimum Gasteiger partial charge on any atom is -0.337 e. The fraction of sp³-hybridized carbons (Fsp3) is 0.0152. The first-order valence-corrected chi connectivity index (χ1v) is 24.7. The molecule has 0 bridgehead atoms. The number of aromatic amines is 3. The Hall–Kier alpha value is -10.1. The first-order chi connectivity index (χ1) is 36.7. The van der Waals surface area contributed by atoms with Crippen molar-refractivity contribution in [2.45, 2.75) is 6.54 Å². The van der Waals surface area contributed by atoms with Crippen LogP contribution in [-0.4, -0.2) is 42.0 Å². The molecular weight excluding hydrogens is 905 g/mol. The molecule has 0 unspecified atom stereocenters. The van der Waals surface area contributed by atoms with Gasteiger partial charge in [-0.3, -0.25) is 4.99 Å². The molecular formula is C66H48N8. The Labute approximate surface area is 429 Å². The minimum absolute atomic E-state index is 0.432. The van der Waals surface area contributed by atoms with E-state index in [1.807, 2.05) is 103 Å². The SMILES string of the molecule is C(=NC(=NCc1ccc(-c2nc(-c3ccc(-c4nc(-c5ccccc5)c(-c5ccccc5)[nH]4)cc3)[nH]c2-c2ccccc2)cc1)c1ccc(-c2nc(-c3ccccc3)c(-c3ccccc3)[nH]2)cc1)c1ccccc1. The first kappa shape index (κ1) is 45.1. The van der Waals surface area contributed by atoms with Gasteiger partial charge >= 0.3 is 0 Å². The second-order valence-corrected chi connectivity index (χ2v) is 17.9. The fourth-order valence-electron chi connectivity index (χ4n) is 9.17. The zero-order chi connectivity index (χ0) is 49.5. The van der Waals surface area contributed by atoms with Gasteiger partial charge in [-0.1, -0.05) is 255 Å². The predicted molar refractivity (Wildman–Crippen MR) is 303 cm³/mol. The number of amidine groups is 1. The molecule has 0 atom stereocenters. The molecule has 0 amide bonds. The van der Waals surface area contributed by atoms with E-state index in [0.29, 0.717) is 12.4 Å². The molecule has 0 saturated heterocycles. The van der Waals surface area contributed by atoms with Crippen LogP contribution in [0.15, 0.2) is 265 Å². The number of hydrogen-bond donors (Lipinski definition) is 3. The normalized spacial score (nSPS) is 11.6. The zero-order valence-electron chi connectivity index (χ0n) is 40.3. The lowest BCUT2D eigenvalue weighted by atomic mass is 10.0. The predicted octanol–water partition coefficient (Wildman–Crippen LogP) is 15.9. The van der Waals surface area contributed by atoms with Crippen LogP contribution in [0.1, 0.15) is 16.7 Å². The van der Waals surface area contributed by atoms with Gasteiger partial charge in [-0.2, -0.15) is 0 Å². The van der Waals surface area contributed by atoms with Crippen LogP contribution >= 0.6 is 0 Å². The second kappa shape index (κ2) is 20.7. The summed E-state index contributed by atoms with van der Waals surface area (Å²) in [6.07, 6.45) is 1.87. The fourth-order valence-corrected chi connectivity index (χ4v) is 9.17. The molecule has 3 aromatic heterocycles. The molecule has 0 fully saturated rings. The van der Waals surface area contributed by atoms with Gasteiger partial charge in [0.15, 0.2) is 5.84 Å². The molecule has 8 nitrogen and oxygen atoms in total. The number of rotatable bonds is 13. The number of H-pyrrole nitrogens is 3. The molecule has 0 aliphatic rings. The Morgan fingerprint density at radius 2 is 0.635 bits per heavy atom. The van der Waals surface area contributed by atoms with E-state index in [1.54, 1.807) is 0 Å². The van der Waals surface area contributed by atoms with E-state index < -0.39 is 0 Å². The lowest BCUT2D eigenvalue weighted by Gasteiger charge is -2.06. The van der Waals surface area contributed by atoms with Crippen molar-refractivity contribution < 1.29 is 0 Å². The molecule has 74 heavy (non-hydrogen) atoms. The number of hydrogen-bond acceptors (Lipinski definition) is 4. The van der Waals surface area contributed by atoms with Crippen molar-refractivity contribution in [2.24, 2.45) is 9.98 Å². The third-order valence-corrected chi connectivity index (χ3v) is 13.0. The van der Waals surface area contributed by atoms with Crippen LogP contribution < -0.4 is 0 Å². The molecule has 8 heteroatoms. The van der Waals surface area contributed by atoms with Crippen LogP contribution in [0.25, 0.3) is 102 Å². The van der Waals surface area contributed by atoms with Crippen LogP contribution in [0.4, 0.5) is 0 Å². The summed E-state index contributed by atoms with van der Waals surface area (Å²) in [7, 11) is 0. The average Bonchev–Trinajstić information content (AvgIpc) is 4.27. The van der Waals surface area contributed by atoms with Gasteiger partial charge in [0.1, 0.15) is 17.5 Å². The summed E-state index contributed by atoms with van der Waals surface area (Å²) >= 11 is 0. The molecule has 0 spiro atoms. The third-order valence-electron chi connectivity index (χ3n) is 13.0. The van der Waals surface area contributed by atoms with Crippen LogP contribution in [0, 0.1) is 0 Å². The molecule has 352 valence electrons. The lowest BCUT2D eigenvalue weighted by molar-refractivity contribution is 1.06. The van der Waals surface area contributed by atoms with Crippen molar-refractivity contribution in [2.75, 3.05) is 0 Å². The highest BCUT2D eigenvalue weighted by Gasteiger charge is 2.19. The number of aliphatic imine (C=N–C) groups is 2. The largest absolute Gasteiger partial charge is 0.337 e. The number of nitrogens with one attached hydrogen (secondary N) is 3. The van der Waals surface area contributed by atoms with E-state index >= 15 is 0 Å². The van der Waals surface area contributed by atoms with E-state index in [4.69, 9.17) is 24.9 Å².